The van der Waals surface area contributed by atoms with Crippen molar-refractivity contribution >= 4 is 46.7 Å². The number of nitrogens with zero attached hydrogens (tertiary/aromatic N) is 2. The number of nitrogens with one attached hydrogen (secondary N) is 2. The normalized spacial score (nSPS) is 18.6. The van der Waals surface area contributed by atoms with Crippen molar-refractivity contribution in [2.24, 2.45) is 0 Å². The first kappa shape index (κ1) is 19.7. The molecule has 0 saturated carbocycles. The van der Waals surface area contributed by atoms with Crippen LogP contribution in [-0.4, -0.2) is 29.3 Å². The molecule has 1 atom stereocenters. The number of benzene rings is 2. The van der Waals surface area contributed by atoms with Gasteiger partial charge >= 0.3 is 6.03 Å². The molecule has 7 nitrogen and oxygen atoms in total. The second kappa shape index (κ2) is 7.50. The van der Waals surface area contributed by atoms with Crippen LogP contribution in [0.15, 0.2) is 42.5 Å². The van der Waals surface area contributed by atoms with Crippen LogP contribution in [0.3, 0.4) is 0 Å². The fraction of sp³-hybridized carbons (Fsp3) is 0.158. The maximum absolute atomic E-state index is 12.8. The highest BCUT2D eigenvalue weighted by molar-refractivity contribution is 6.32. The zero-order chi connectivity index (χ0) is 20.5. The van der Waals surface area contributed by atoms with Crippen molar-refractivity contribution in [3.63, 3.8) is 0 Å². The van der Waals surface area contributed by atoms with Crippen LogP contribution in [0.1, 0.15) is 18.1 Å². The molecule has 1 aliphatic rings. The van der Waals surface area contributed by atoms with Gasteiger partial charge in [-0.3, -0.25) is 14.5 Å². The van der Waals surface area contributed by atoms with Crippen molar-refractivity contribution in [3.05, 3.63) is 63.6 Å². The van der Waals surface area contributed by atoms with Crippen LogP contribution in [0.25, 0.3) is 0 Å². The molecule has 2 aromatic carbocycles. The van der Waals surface area contributed by atoms with Gasteiger partial charge in [-0.05, 0) is 42.8 Å². The highest BCUT2D eigenvalue weighted by Gasteiger charge is 2.49. The lowest BCUT2D eigenvalue weighted by Gasteiger charge is -2.22. The average molecular weight is 417 g/mol. The number of hydrogen-bond acceptors (Lipinski definition) is 4. The van der Waals surface area contributed by atoms with Crippen LogP contribution in [-0.2, 0) is 15.1 Å². The van der Waals surface area contributed by atoms with E-state index in [1.54, 1.807) is 31.2 Å². The first-order chi connectivity index (χ1) is 13.2. The van der Waals surface area contributed by atoms with Crippen LogP contribution in [0, 0.1) is 11.3 Å². The first-order valence-electron chi connectivity index (χ1n) is 8.14. The number of hydrogen-bond donors (Lipinski definition) is 2. The van der Waals surface area contributed by atoms with E-state index in [-0.39, 0.29) is 10.6 Å². The summed E-state index contributed by atoms with van der Waals surface area (Å²) in [6.45, 7) is 1.10. The van der Waals surface area contributed by atoms with Crippen molar-refractivity contribution in [3.8, 4) is 6.07 Å². The number of carbonyl (C=O) groups is 3. The summed E-state index contributed by atoms with van der Waals surface area (Å²) in [7, 11) is 0. The second-order valence-electron chi connectivity index (χ2n) is 6.31. The Balaban J connectivity index is 1.73. The summed E-state index contributed by atoms with van der Waals surface area (Å²) in [5.74, 6) is -1.13. The smallest absolute Gasteiger partial charge is 0.324 e. The predicted octanol–water partition coefficient (Wildman–Crippen LogP) is 3.27. The molecule has 0 radical (unpaired) electrons. The molecular weight excluding hydrogens is 403 g/mol. The van der Waals surface area contributed by atoms with E-state index in [9.17, 15) is 14.4 Å². The molecule has 1 unspecified atom stereocenters. The SMILES string of the molecule is CC1(c2ccc(Cl)cc2)NC(=O)N(CC(=O)Nc2ccc(C#N)c(Cl)c2)C1=O. The average Bonchev–Trinajstić information content (AvgIpc) is 2.86. The highest BCUT2D eigenvalue weighted by Crippen LogP contribution is 2.29. The Labute approximate surface area is 170 Å². The van der Waals surface area contributed by atoms with Gasteiger partial charge < -0.3 is 10.6 Å². The largest absolute Gasteiger partial charge is 0.325 e. The Kier molecular flexibility index (Phi) is 5.27. The number of nitriles is 1. The van der Waals surface area contributed by atoms with E-state index in [0.717, 1.165) is 4.90 Å². The molecular formula is C19H14Cl2N4O3. The lowest BCUT2D eigenvalue weighted by atomic mass is 9.92. The lowest BCUT2D eigenvalue weighted by molar-refractivity contribution is -0.133. The molecule has 28 heavy (non-hydrogen) atoms. The van der Waals surface area contributed by atoms with E-state index in [2.05, 4.69) is 10.6 Å². The van der Waals surface area contributed by atoms with Crippen LogP contribution >= 0.6 is 23.2 Å². The van der Waals surface area contributed by atoms with Gasteiger partial charge in [0.05, 0.1) is 10.6 Å². The number of imide groups is 1. The second-order valence-corrected chi connectivity index (χ2v) is 7.15. The number of amides is 4. The number of carbonyl (C=O) groups excluding carboxylic acids is 3. The molecule has 2 N–H and O–H groups in total. The number of halogens is 2. The lowest BCUT2D eigenvalue weighted by Crippen LogP contribution is -2.42. The predicted molar refractivity (Wildman–Crippen MR) is 104 cm³/mol. The van der Waals surface area contributed by atoms with Gasteiger partial charge in [0.15, 0.2) is 0 Å². The Morgan fingerprint density at radius 2 is 1.89 bits per heavy atom. The van der Waals surface area contributed by atoms with Crippen LogP contribution in [0.2, 0.25) is 10.0 Å². The Bertz CT molecular complexity index is 1020. The Hall–Kier alpha value is -3.08. The van der Waals surface area contributed by atoms with Crippen molar-refractivity contribution in [2.75, 3.05) is 11.9 Å². The standard InChI is InChI=1S/C19H14Cl2N4O3/c1-19(12-3-5-13(20)6-4-12)17(27)25(18(28)24-19)10-16(26)23-14-7-2-11(9-22)15(21)8-14/h2-8H,10H2,1H3,(H,23,26)(H,24,28). The zero-order valence-electron chi connectivity index (χ0n) is 14.6. The molecule has 1 saturated heterocycles. The minimum atomic E-state index is -1.29. The monoisotopic (exact) mass is 416 g/mol. The van der Waals surface area contributed by atoms with E-state index in [1.165, 1.54) is 18.2 Å². The van der Waals surface area contributed by atoms with E-state index in [0.29, 0.717) is 16.3 Å². The quantitative estimate of drug-likeness (QED) is 0.746. The molecule has 0 spiro atoms. The summed E-state index contributed by atoms with van der Waals surface area (Å²) in [5.41, 5.74) is -0.120. The Morgan fingerprint density at radius 3 is 2.50 bits per heavy atom. The number of urea groups is 1. The molecule has 1 heterocycles. The van der Waals surface area contributed by atoms with E-state index >= 15 is 0 Å². The van der Waals surface area contributed by atoms with Crippen LogP contribution < -0.4 is 10.6 Å². The molecule has 3 rings (SSSR count). The van der Waals surface area contributed by atoms with Crippen molar-refractivity contribution in [2.45, 2.75) is 12.5 Å². The molecule has 0 bridgehead atoms. The molecule has 0 aliphatic carbocycles. The summed E-state index contributed by atoms with van der Waals surface area (Å²) in [5, 5.41) is 14.7. The van der Waals surface area contributed by atoms with E-state index in [4.69, 9.17) is 28.5 Å². The van der Waals surface area contributed by atoms with Crippen molar-refractivity contribution in [1.29, 1.82) is 5.26 Å². The topological polar surface area (TPSA) is 102 Å². The zero-order valence-corrected chi connectivity index (χ0v) is 16.1. The maximum Gasteiger partial charge on any atom is 0.325 e. The van der Waals surface area contributed by atoms with Crippen molar-refractivity contribution in [1.82, 2.24) is 10.2 Å². The minimum absolute atomic E-state index is 0.186. The number of anilines is 1. The molecule has 9 heteroatoms. The fourth-order valence-corrected chi connectivity index (χ4v) is 3.20. The summed E-state index contributed by atoms with van der Waals surface area (Å²) in [6.07, 6.45) is 0. The molecule has 0 aromatic heterocycles. The summed E-state index contributed by atoms with van der Waals surface area (Å²) < 4.78 is 0. The van der Waals surface area contributed by atoms with Crippen LogP contribution in [0.5, 0.6) is 0 Å². The summed E-state index contributed by atoms with van der Waals surface area (Å²) in [4.78, 5) is 38.3. The minimum Gasteiger partial charge on any atom is -0.324 e. The Morgan fingerprint density at radius 1 is 1.21 bits per heavy atom. The van der Waals surface area contributed by atoms with Gasteiger partial charge in [0.2, 0.25) is 5.91 Å². The third-order valence-electron chi connectivity index (χ3n) is 4.37. The molecule has 142 valence electrons. The van der Waals surface area contributed by atoms with Gasteiger partial charge in [-0.2, -0.15) is 5.26 Å². The third-order valence-corrected chi connectivity index (χ3v) is 4.94. The van der Waals surface area contributed by atoms with Gasteiger partial charge in [-0.1, -0.05) is 35.3 Å². The van der Waals surface area contributed by atoms with Crippen molar-refractivity contribution < 1.29 is 14.4 Å². The highest BCUT2D eigenvalue weighted by atomic mass is 35.5. The maximum atomic E-state index is 12.8. The molecule has 1 aliphatic heterocycles. The van der Waals surface area contributed by atoms with Gasteiger partial charge in [0.1, 0.15) is 18.2 Å². The van der Waals surface area contributed by atoms with E-state index < -0.39 is 29.9 Å². The number of rotatable bonds is 4. The van der Waals surface area contributed by atoms with E-state index in [1.807, 2.05) is 6.07 Å². The van der Waals surface area contributed by atoms with Crippen LogP contribution in [0.4, 0.5) is 10.5 Å². The van der Waals surface area contributed by atoms with Gasteiger partial charge in [0, 0.05) is 10.7 Å². The van der Waals surface area contributed by atoms with Gasteiger partial charge in [-0.25, -0.2) is 4.79 Å². The fourth-order valence-electron chi connectivity index (χ4n) is 2.85. The summed E-state index contributed by atoms with van der Waals surface area (Å²) in [6, 6.07) is 12.1. The molecule has 1 fully saturated rings. The first-order valence-corrected chi connectivity index (χ1v) is 8.90. The summed E-state index contributed by atoms with van der Waals surface area (Å²) >= 11 is 11.8. The van der Waals surface area contributed by atoms with Gasteiger partial charge in [0.25, 0.3) is 5.91 Å². The molecule has 2 aromatic rings. The third kappa shape index (κ3) is 3.65. The van der Waals surface area contributed by atoms with Gasteiger partial charge in [-0.15, -0.1) is 0 Å². The molecule has 4 amide bonds.